The number of hydrogen-bond acceptors (Lipinski definition) is 4. The van der Waals surface area contributed by atoms with Crippen LogP contribution in [-0.4, -0.2) is 32.1 Å². The number of ether oxygens (including phenoxy) is 2. The zero-order valence-electron chi connectivity index (χ0n) is 13.8. The number of anilines is 1. The van der Waals surface area contributed by atoms with E-state index in [1.807, 2.05) is 0 Å². The lowest BCUT2D eigenvalue weighted by Gasteiger charge is -2.09. The van der Waals surface area contributed by atoms with Crippen LogP contribution in [0.2, 0.25) is 5.02 Å². The van der Waals surface area contributed by atoms with Crippen LogP contribution in [0.25, 0.3) is 0 Å². The largest absolute Gasteiger partial charge is 0.497 e. The summed E-state index contributed by atoms with van der Waals surface area (Å²) in [5.74, 6) is 0.598. The van der Waals surface area contributed by atoms with Gasteiger partial charge < -0.3 is 20.1 Å². The molecule has 0 aromatic heterocycles. The molecule has 6 nitrogen and oxygen atoms in total. The molecule has 0 unspecified atom stereocenters. The summed E-state index contributed by atoms with van der Waals surface area (Å²) in [5, 5.41) is 5.64. The SMILES string of the molecule is COc1ccc(OCCNC(=O)CC(=O)Nc2ccccc2Cl)cc1. The first kappa shape index (κ1) is 18.6. The van der Waals surface area contributed by atoms with Gasteiger partial charge >= 0.3 is 0 Å². The highest BCUT2D eigenvalue weighted by Crippen LogP contribution is 2.20. The topological polar surface area (TPSA) is 76.7 Å². The normalized spacial score (nSPS) is 10.0. The number of hydrogen-bond donors (Lipinski definition) is 2. The van der Waals surface area contributed by atoms with Crippen molar-refractivity contribution in [3.8, 4) is 11.5 Å². The molecule has 0 saturated heterocycles. The Kier molecular flexibility index (Phi) is 7.10. The maximum Gasteiger partial charge on any atom is 0.233 e. The fourth-order valence-corrected chi connectivity index (χ4v) is 2.18. The Bertz CT molecular complexity index is 719. The highest BCUT2D eigenvalue weighted by atomic mass is 35.5. The molecule has 0 spiro atoms. The summed E-state index contributed by atoms with van der Waals surface area (Å²) < 4.78 is 10.5. The lowest BCUT2D eigenvalue weighted by molar-refractivity contribution is -0.126. The fraction of sp³-hybridized carbons (Fsp3) is 0.222. The second-order valence-electron chi connectivity index (χ2n) is 5.08. The van der Waals surface area contributed by atoms with E-state index in [4.69, 9.17) is 21.1 Å². The summed E-state index contributed by atoms with van der Waals surface area (Å²) in [6, 6.07) is 14.0. The number of methoxy groups -OCH3 is 1. The molecule has 25 heavy (non-hydrogen) atoms. The van der Waals surface area contributed by atoms with Gasteiger partial charge in [-0.05, 0) is 36.4 Å². The molecule has 0 saturated carbocycles. The van der Waals surface area contributed by atoms with E-state index in [0.29, 0.717) is 29.6 Å². The van der Waals surface area contributed by atoms with Gasteiger partial charge in [0.05, 0.1) is 24.4 Å². The molecular weight excluding hydrogens is 344 g/mol. The molecule has 7 heteroatoms. The first-order valence-electron chi connectivity index (χ1n) is 7.66. The predicted octanol–water partition coefficient (Wildman–Crippen LogP) is 2.87. The lowest BCUT2D eigenvalue weighted by Crippen LogP contribution is -2.31. The molecule has 0 bridgehead atoms. The highest BCUT2D eigenvalue weighted by Gasteiger charge is 2.10. The van der Waals surface area contributed by atoms with Crippen molar-refractivity contribution in [3.05, 3.63) is 53.6 Å². The average molecular weight is 363 g/mol. The number of nitrogens with one attached hydrogen (secondary N) is 2. The van der Waals surface area contributed by atoms with Crippen molar-refractivity contribution in [1.29, 1.82) is 0 Å². The van der Waals surface area contributed by atoms with Crippen molar-refractivity contribution in [2.75, 3.05) is 25.6 Å². The van der Waals surface area contributed by atoms with Gasteiger partial charge in [0.25, 0.3) is 0 Å². The van der Waals surface area contributed by atoms with Gasteiger partial charge in [-0.25, -0.2) is 0 Å². The van der Waals surface area contributed by atoms with Crippen LogP contribution in [0.4, 0.5) is 5.69 Å². The molecule has 0 fully saturated rings. The van der Waals surface area contributed by atoms with E-state index in [0.717, 1.165) is 5.75 Å². The third-order valence-corrected chi connectivity index (χ3v) is 3.55. The Labute approximate surface area is 151 Å². The number of amides is 2. The van der Waals surface area contributed by atoms with Gasteiger partial charge in [-0.1, -0.05) is 23.7 Å². The second kappa shape index (κ2) is 9.54. The van der Waals surface area contributed by atoms with E-state index in [2.05, 4.69) is 10.6 Å². The van der Waals surface area contributed by atoms with E-state index in [1.165, 1.54) is 0 Å². The molecule has 2 aromatic carbocycles. The van der Waals surface area contributed by atoms with Crippen molar-refractivity contribution in [2.45, 2.75) is 6.42 Å². The number of carbonyl (C=O) groups excluding carboxylic acids is 2. The van der Waals surface area contributed by atoms with Crippen molar-refractivity contribution < 1.29 is 19.1 Å². The van der Waals surface area contributed by atoms with Crippen LogP contribution in [0.5, 0.6) is 11.5 Å². The maximum absolute atomic E-state index is 11.8. The average Bonchev–Trinajstić information content (AvgIpc) is 2.61. The third kappa shape index (κ3) is 6.35. The number of carbonyl (C=O) groups is 2. The van der Waals surface area contributed by atoms with Crippen molar-refractivity contribution in [1.82, 2.24) is 5.32 Å². The van der Waals surface area contributed by atoms with Crippen molar-refractivity contribution in [2.24, 2.45) is 0 Å². The standard InChI is InChI=1S/C18H19ClN2O4/c1-24-13-6-8-14(9-7-13)25-11-10-20-17(22)12-18(23)21-16-5-3-2-4-15(16)19/h2-9H,10-12H2,1H3,(H,20,22)(H,21,23). The van der Waals surface area contributed by atoms with E-state index in [1.54, 1.807) is 55.6 Å². The zero-order valence-corrected chi connectivity index (χ0v) is 14.5. The summed E-state index contributed by atoms with van der Waals surface area (Å²) in [6.45, 7) is 0.592. The number of benzene rings is 2. The first-order valence-corrected chi connectivity index (χ1v) is 8.04. The second-order valence-corrected chi connectivity index (χ2v) is 5.49. The molecule has 0 aliphatic rings. The predicted molar refractivity (Wildman–Crippen MR) is 96.2 cm³/mol. The summed E-state index contributed by atoms with van der Waals surface area (Å²) in [6.07, 6.45) is -0.284. The van der Waals surface area contributed by atoms with E-state index >= 15 is 0 Å². The molecule has 2 aromatic rings. The van der Waals surface area contributed by atoms with Crippen molar-refractivity contribution in [3.63, 3.8) is 0 Å². The Morgan fingerprint density at radius 1 is 1.00 bits per heavy atom. The van der Waals surface area contributed by atoms with E-state index < -0.39 is 5.91 Å². The summed E-state index contributed by atoms with van der Waals surface area (Å²) >= 11 is 5.94. The Morgan fingerprint density at radius 3 is 2.36 bits per heavy atom. The van der Waals surface area contributed by atoms with E-state index in [9.17, 15) is 9.59 Å². The number of halogens is 1. The highest BCUT2D eigenvalue weighted by molar-refractivity contribution is 6.33. The lowest BCUT2D eigenvalue weighted by atomic mass is 10.3. The number of rotatable bonds is 8. The molecule has 2 amide bonds. The molecular formula is C18H19ClN2O4. The smallest absolute Gasteiger partial charge is 0.233 e. The molecule has 2 rings (SSSR count). The summed E-state index contributed by atoms with van der Waals surface area (Å²) in [5.41, 5.74) is 0.477. The third-order valence-electron chi connectivity index (χ3n) is 3.22. The van der Waals surface area contributed by atoms with Crippen LogP contribution < -0.4 is 20.1 Å². The monoisotopic (exact) mass is 362 g/mol. The molecule has 0 aliphatic heterocycles. The fourth-order valence-electron chi connectivity index (χ4n) is 2.00. The molecule has 0 atom stereocenters. The van der Waals surface area contributed by atoms with Gasteiger partial charge in [-0.3, -0.25) is 9.59 Å². The minimum absolute atomic E-state index is 0.284. The summed E-state index contributed by atoms with van der Waals surface area (Å²) in [4.78, 5) is 23.6. The van der Waals surface area contributed by atoms with Gasteiger partial charge in [0.15, 0.2) is 0 Å². The molecule has 0 aliphatic carbocycles. The van der Waals surface area contributed by atoms with Crippen LogP contribution in [0, 0.1) is 0 Å². The molecule has 2 N–H and O–H groups in total. The molecule has 0 heterocycles. The van der Waals surface area contributed by atoms with E-state index in [-0.39, 0.29) is 12.3 Å². The van der Waals surface area contributed by atoms with Gasteiger partial charge in [0.1, 0.15) is 24.5 Å². The Hall–Kier alpha value is -2.73. The zero-order chi connectivity index (χ0) is 18.1. The van der Waals surface area contributed by atoms with Gasteiger partial charge in [-0.15, -0.1) is 0 Å². The van der Waals surface area contributed by atoms with Crippen LogP contribution >= 0.6 is 11.6 Å². The maximum atomic E-state index is 11.8. The Morgan fingerprint density at radius 2 is 1.68 bits per heavy atom. The minimum Gasteiger partial charge on any atom is -0.497 e. The minimum atomic E-state index is -0.429. The quantitative estimate of drug-likeness (QED) is 0.559. The van der Waals surface area contributed by atoms with Crippen LogP contribution in [0.3, 0.4) is 0 Å². The van der Waals surface area contributed by atoms with Crippen molar-refractivity contribution >= 4 is 29.1 Å². The van der Waals surface area contributed by atoms with Crippen LogP contribution in [0.15, 0.2) is 48.5 Å². The Balaban J connectivity index is 1.66. The number of para-hydroxylation sites is 1. The van der Waals surface area contributed by atoms with Gasteiger partial charge in [-0.2, -0.15) is 0 Å². The van der Waals surface area contributed by atoms with Crippen LogP contribution in [-0.2, 0) is 9.59 Å². The van der Waals surface area contributed by atoms with Gasteiger partial charge in [0.2, 0.25) is 11.8 Å². The molecule has 0 radical (unpaired) electrons. The first-order chi connectivity index (χ1) is 12.1. The molecule has 132 valence electrons. The van der Waals surface area contributed by atoms with Crippen LogP contribution in [0.1, 0.15) is 6.42 Å². The summed E-state index contributed by atoms with van der Waals surface area (Å²) in [7, 11) is 1.59. The van der Waals surface area contributed by atoms with Gasteiger partial charge in [0, 0.05) is 0 Å².